The van der Waals surface area contributed by atoms with Gasteiger partial charge in [0.15, 0.2) is 0 Å². The second kappa shape index (κ2) is 4.67. The normalized spacial score (nSPS) is 19.1. The number of allylic oxidation sites excluding steroid dienone is 1. The Bertz CT molecular complexity index is 645. The molecule has 19 heavy (non-hydrogen) atoms. The molecule has 2 aliphatic rings. The SMILES string of the molecule is B1N2C=CC(c3ccccc3)C2=Cc2cccn21.Cl. The predicted octanol–water partition coefficient (Wildman–Crippen LogP) is 2.99. The minimum absolute atomic E-state index is 0. The van der Waals surface area contributed by atoms with E-state index in [1.54, 1.807) is 0 Å². The van der Waals surface area contributed by atoms with E-state index in [0.717, 1.165) is 7.55 Å². The fraction of sp³-hybridized carbons (Fsp3) is 0.0667. The van der Waals surface area contributed by atoms with E-state index in [1.807, 2.05) is 0 Å². The monoisotopic (exact) mass is 268 g/mol. The third kappa shape index (κ3) is 1.91. The van der Waals surface area contributed by atoms with Gasteiger partial charge in [0.25, 0.3) is 0 Å². The summed E-state index contributed by atoms with van der Waals surface area (Å²) in [4.78, 5) is 2.32. The van der Waals surface area contributed by atoms with Gasteiger partial charge in [-0.3, -0.25) is 0 Å². The highest BCUT2D eigenvalue weighted by Gasteiger charge is 2.28. The van der Waals surface area contributed by atoms with E-state index in [1.165, 1.54) is 17.0 Å². The Morgan fingerprint density at radius 3 is 2.68 bits per heavy atom. The molecular weight excluding hydrogens is 254 g/mol. The van der Waals surface area contributed by atoms with E-state index in [0.29, 0.717) is 5.92 Å². The third-order valence-electron chi connectivity index (χ3n) is 3.73. The summed E-state index contributed by atoms with van der Waals surface area (Å²) in [5.41, 5.74) is 4.04. The number of benzene rings is 1. The minimum atomic E-state index is 0. The molecule has 1 atom stereocenters. The number of rotatable bonds is 1. The van der Waals surface area contributed by atoms with Crippen molar-refractivity contribution in [2.75, 3.05) is 0 Å². The molecule has 0 amide bonds. The summed E-state index contributed by atoms with van der Waals surface area (Å²) in [6, 6.07) is 15.0. The molecule has 0 radical (unpaired) electrons. The lowest BCUT2D eigenvalue weighted by Crippen LogP contribution is -2.30. The molecule has 94 valence electrons. The van der Waals surface area contributed by atoms with Crippen LogP contribution in [0.2, 0.25) is 0 Å². The van der Waals surface area contributed by atoms with Crippen LogP contribution in [0.1, 0.15) is 17.2 Å². The van der Waals surface area contributed by atoms with E-state index in [2.05, 4.69) is 76.3 Å². The smallest absolute Gasteiger partial charge is 0.364 e. The van der Waals surface area contributed by atoms with Crippen LogP contribution in [-0.4, -0.2) is 16.8 Å². The average molecular weight is 269 g/mol. The molecule has 0 aliphatic carbocycles. The van der Waals surface area contributed by atoms with Crippen molar-refractivity contribution in [3.63, 3.8) is 0 Å². The topological polar surface area (TPSA) is 8.17 Å². The summed E-state index contributed by atoms with van der Waals surface area (Å²) in [6.45, 7) is 0. The minimum Gasteiger partial charge on any atom is -0.378 e. The van der Waals surface area contributed by atoms with E-state index >= 15 is 0 Å². The lowest BCUT2D eigenvalue weighted by molar-refractivity contribution is 0.699. The number of nitrogens with zero attached hydrogens (tertiary/aromatic N) is 2. The third-order valence-corrected chi connectivity index (χ3v) is 3.73. The summed E-state index contributed by atoms with van der Waals surface area (Å²) in [6.07, 6.45) is 8.91. The fourth-order valence-electron chi connectivity index (χ4n) is 2.80. The molecule has 0 N–H and O–H groups in total. The first-order valence-electron chi connectivity index (χ1n) is 6.28. The van der Waals surface area contributed by atoms with Crippen LogP contribution in [0.5, 0.6) is 0 Å². The average Bonchev–Trinajstić information content (AvgIpc) is 3.02. The van der Waals surface area contributed by atoms with E-state index in [4.69, 9.17) is 0 Å². The van der Waals surface area contributed by atoms with Crippen LogP contribution in [0.15, 0.2) is 66.6 Å². The van der Waals surface area contributed by atoms with E-state index < -0.39 is 0 Å². The highest BCUT2D eigenvalue weighted by molar-refractivity contribution is 6.33. The molecule has 0 spiro atoms. The van der Waals surface area contributed by atoms with Gasteiger partial charge in [-0.2, -0.15) is 0 Å². The summed E-state index contributed by atoms with van der Waals surface area (Å²) in [5, 5.41) is 0. The van der Waals surface area contributed by atoms with Crippen LogP contribution in [-0.2, 0) is 0 Å². The molecule has 4 rings (SSSR count). The quantitative estimate of drug-likeness (QED) is 0.722. The molecule has 1 unspecified atom stereocenters. The molecule has 4 heteroatoms. The number of aromatic nitrogens is 1. The number of halogens is 1. The summed E-state index contributed by atoms with van der Waals surface area (Å²) in [7, 11) is 0.925. The Labute approximate surface area is 119 Å². The predicted molar refractivity (Wildman–Crippen MR) is 82.4 cm³/mol. The first kappa shape index (κ1) is 12.2. The molecule has 2 aliphatic heterocycles. The molecule has 0 saturated heterocycles. The van der Waals surface area contributed by atoms with Crippen molar-refractivity contribution in [1.29, 1.82) is 0 Å². The summed E-state index contributed by atoms with van der Waals surface area (Å²) >= 11 is 0. The van der Waals surface area contributed by atoms with Gasteiger partial charge in [-0.1, -0.05) is 36.4 Å². The van der Waals surface area contributed by atoms with Crippen LogP contribution >= 0.6 is 12.4 Å². The van der Waals surface area contributed by atoms with Crippen molar-refractivity contribution in [1.82, 2.24) is 9.29 Å². The molecule has 2 nitrogen and oxygen atoms in total. The zero-order chi connectivity index (χ0) is 11.9. The van der Waals surface area contributed by atoms with Crippen molar-refractivity contribution in [2.24, 2.45) is 0 Å². The lowest BCUT2D eigenvalue weighted by Gasteiger charge is -2.27. The van der Waals surface area contributed by atoms with E-state index in [-0.39, 0.29) is 12.4 Å². The van der Waals surface area contributed by atoms with Crippen molar-refractivity contribution < 1.29 is 0 Å². The molecule has 1 aromatic carbocycles. The Hall–Kier alpha value is -1.87. The second-order valence-corrected chi connectivity index (χ2v) is 4.81. The zero-order valence-corrected chi connectivity index (χ0v) is 11.3. The second-order valence-electron chi connectivity index (χ2n) is 4.81. The van der Waals surface area contributed by atoms with Crippen molar-refractivity contribution in [2.45, 2.75) is 5.92 Å². The summed E-state index contributed by atoms with van der Waals surface area (Å²) in [5.74, 6) is 0.398. The van der Waals surface area contributed by atoms with Gasteiger partial charge in [0.05, 0.1) is 0 Å². The Balaban J connectivity index is 0.00000110. The highest BCUT2D eigenvalue weighted by Crippen LogP contribution is 2.36. The summed E-state index contributed by atoms with van der Waals surface area (Å²) < 4.78 is 2.27. The maximum Gasteiger partial charge on any atom is 0.364 e. The van der Waals surface area contributed by atoms with Crippen LogP contribution in [0.25, 0.3) is 6.08 Å². The van der Waals surface area contributed by atoms with Gasteiger partial charge in [-0.15, -0.1) is 12.4 Å². The van der Waals surface area contributed by atoms with Crippen molar-refractivity contribution in [3.05, 3.63) is 77.9 Å². The van der Waals surface area contributed by atoms with Gasteiger partial charge < -0.3 is 9.29 Å². The highest BCUT2D eigenvalue weighted by atomic mass is 35.5. The maximum atomic E-state index is 2.32. The van der Waals surface area contributed by atoms with Crippen molar-refractivity contribution >= 4 is 26.0 Å². The fourth-order valence-corrected chi connectivity index (χ4v) is 2.80. The molecule has 2 aromatic rings. The molecule has 0 saturated carbocycles. The molecular formula is C15H14BClN2. The Kier molecular flexibility index (Phi) is 2.99. The number of hydrogen-bond acceptors (Lipinski definition) is 1. The first-order valence-corrected chi connectivity index (χ1v) is 6.28. The van der Waals surface area contributed by atoms with Gasteiger partial charge in [0, 0.05) is 17.3 Å². The van der Waals surface area contributed by atoms with Crippen LogP contribution < -0.4 is 0 Å². The van der Waals surface area contributed by atoms with Gasteiger partial charge in [-0.25, -0.2) is 0 Å². The standard InChI is InChI=1S/C15H13BN2.ClH/c1-2-5-12(6-3-1)14-8-10-18-15(14)11-13-7-4-9-17(13)16-18;/h1-11,14,16H;1H. The molecule has 3 heterocycles. The van der Waals surface area contributed by atoms with Crippen LogP contribution in [0, 0.1) is 0 Å². The first-order chi connectivity index (χ1) is 8.92. The maximum absolute atomic E-state index is 2.32. The largest absolute Gasteiger partial charge is 0.378 e. The van der Waals surface area contributed by atoms with E-state index in [9.17, 15) is 0 Å². The van der Waals surface area contributed by atoms with Gasteiger partial charge in [0.1, 0.15) is 0 Å². The lowest BCUT2D eigenvalue weighted by atomic mass is 9.92. The van der Waals surface area contributed by atoms with Crippen molar-refractivity contribution in [3.8, 4) is 0 Å². The molecule has 1 aromatic heterocycles. The Morgan fingerprint density at radius 2 is 1.84 bits per heavy atom. The number of fused-ring (bicyclic) bond motifs is 2. The van der Waals surface area contributed by atoms with Gasteiger partial charge >= 0.3 is 7.55 Å². The van der Waals surface area contributed by atoms with Gasteiger partial charge in [-0.05, 0) is 36.2 Å². The zero-order valence-electron chi connectivity index (χ0n) is 10.4. The Morgan fingerprint density at radius 1 is 1.00 bits per heavy atom. The molecule has 0 bridgehead atoms. The van der Waals surface area contributed by atoms with Crippen LogP contribution in [0.3, 0.4) is 0 Å². The molecule has 0 fully saturated rings. The van der Waals surface area contributed by atoms with Gasteiger partial charge in [0.2, 0.25) is 0 Å². The number of hydrogen-bond donors (Lipinski definition) is 0. The van der Waals surface area contributed by atoms with Crippen LogP contribution in [0.4, 0.5) is 0 Å².